The average molecular weight is 376 g/mol. The monoisotopic (exact) mass is 375 g/mol. The number of hydrogen-bond acceptors (Lipinski definition) is 4. The summed E-state index contributed by atoms with van der Waals surface area (Å²) in [5, 5.41) is 1.76. The standard InChI is InChI=1S/C19H22ClN3OS/c20-14-5-3-4-13(10-14)17-16(22-18(25-17)12-7-8-12)19(24)23-9-2-1-6-15(23)11-21/h3-5,10,12,15H,1-2,6-9,11,21H2. The van der Waals surface area contributed by atoms with Gasteiger partial charge in [-0.3, -0.25) is 4.79 Å². The number of thiazole rings is 1. The van der Waals surface area contributed by atoms with Crippen LogP contribution >= 0.6 is 22.9 Å². The summed E-state index contributed by atoms with van der Waals surface area (Å²) in [7, 11) is 0. The Morgan fingerprint density at radius 1 is 1.32 bits per heavy atom. The summed E-state index contributed by atoms with van der Waals surface area (Å²) in [6, 6.07) is 7.82. The van der Waals surface area contributed by atoms with Crippen molar-refractivity contribution in [1.29, 1.82) is 0 Å². The number of carbonyl (C=O) groups excluding carboxylic acids is 1. The van der Waals surface area contributed by atoms with Crippen LogP contribution in [0.5, 0.6) is 0 Å². The van der Waals surface area contributed by atoms with E-state index in [4.69, 9.17) is 22.3 Å². The number of benzene rings is 1. The first kappa shape index (κ1) is 17.0. The average Bonchev–Trinajstić information content (AvgIpc) is 3.39. The molecule has 6 heteroatoms. The van der Waals surface area contributed by atoms with Crippen molar-refractivity contribution in [3.63, 3.8) is 0 Å². The van der Waals surface area contributed by atoms with Crippen LogP contribution < -0.4 is 5.73 Å². The number of nitrogens with two attached hydrogens (primary N) is 1. The molecular formula is C19H22ClN3OS. The van der Waals surface area contributed by atoms with E-state index in [9.17, 15) is 4.79 Å². The van der Waals surface area contributed by atoms with Crippen molar-refractivity contribution in [3.05, 3.63) is 40.0 Å². The molecule has 2 fully saturated rings. The molecule has 25 heavy (non-hydrogen) atoms. The van der Waals surface area contributed by atoms with Crippen molar-refractivity contribution in [2.45, 2.75) is 44.1 Å². The van der Waals surface area contributed by atoms with Crippen molar-refractivity contribution >= 4 is 28.8 Å². The molecule has 0 bridgehead atoms. The Morgan fingerprint density at radius 3 is 2.88 bits per heavy atom. The number of likely N-dealkylation sites (tertiary alicyclic amines) is 1. The Morgan fingerprint density at radius 2 is 2.16 bits per heavy atom. The molecule has 1 unspecified atom stereocenters. The van der Waals surface area contributed by atoms with Gasteiger partial charge >= 0.3 is 0 Å². The van der Waals surface area contributed by atoms with E-state index < -0.39 is 0 Å². The van der Waals surface area contributed by atoms with Crippen molar-refractivity contribution in [1.82, 2.24) is 9.88 Å². The normalized spacial score (nSPS) is 20.7. The topological polar surface area (TPSA) is 59.2 Å². The number of amides is 1. The van der Waals surface area contributed by atoms with Crippen LogP contribution in [0.4, 0.5) is 0 Å². The van der Waals surface area contributed by atoms with Gasteiger partial charge in [-0.1, -0.05) is 23.7 Å². The van der Waals surface area contributed by atoms with Crippen LogP contribution in [0.3, 0.4) is 0 Å². The van der Waals surface area contributed by atoms with E-state index in [1.807, 2.05) is 29.2 Å². The van der Waals surface area contributed by atoms with Crippen molar-refractivity contribution in [3.8, 4) is 10.4 Å². The van der Waals surface area contributed by atoms with Crippen LogP contribution in [0.2, 0.25) is 5.02 Å². The fraction of sp³-hybridized carbons (Fsp3) is 0.474. The maximum absolute atomic E-state index is 13.3. The van der Waals surface area contributed by atoms with Gasteiger partial charge in [0.2, 0.25) is 0 Å². The summed E-state index contributed by atoms with van der Waals surface area (Å²) in [6.07, 6.45) is 5.50. The third kappa shape index (κ3) is 3.46. The maximum Gasteiger partial charge on any atom is 0.274 e. The molecule has 2 aliphatic rings. The molecule has 0 radical (unpaired) electrons. The minimum Gasteiger partial charge on any atom is -0.333 e. The molecule has 1 amide bonds. The zero-order chi connectivity index (χ0) is 17.4. The van der Waals surface area contributed by atoms with Gasteiger partial charge in [0.05, 0.1) is 9.88 Å². The summed E-state index contributed by atoms with van der Waals surface area (Å²) in [6.45, 7) is 1.28. The van der Waals surface area contributed by atoms with E-state index in [0.29, 0.717) is 23.2 Å². The lowest BCUT2D eigenvalue weighted by Gasteiger charge is -2.34. The molecule has 1 atom stereocenters. The fourth-order valence-corrected chi connectivity index (χ4v) is 4.87. The molecule has 132 valence electrons. The number of piperidine rings is 1. The first-order valence-electron chi connectivity index (χ1n) is 8.95. The smallest absolute Gasteiger partial charge is 0.274 e. The van der Waals surface area contributed by atoms with Gasteiger partial charge in [0.1, 0.15) is 5.69 Å². The number of rotatable bonds is 4. The Hall–Kier alpha value is -1.43. The van der Waals surface area contributed by atoms with Crippen LogP contribution in [0.1, 0.15) is 53.5 Å². The summed E-state index contributed by atoms with van der Waals surface area (Å²) < 4.78 is 0. The molecule has 1 aromatic heterocycles. The summed E-state index contributed by atoms with van der Waals surface area (Å²) >= 11 is 7.82. The van der Waals surface area contributed by atoms with E-state index >= 15 is 0 Å². The predicted molar refractivity (Wildman–Crippen MR) is 102 cm³/mol. The second-order valence-corrected chi connectivity index (χ2v) is 8.37. The molecule has 4 nitrogen and oxygen atoms in total. The van der Waals surface area contributed by atoms with Crippen LogP contribution in [-0.2, 0) is 0 Å². The van der Waals surface area contributed by atoms with Gasteiger partial charge in [0, 0.05) is 30.1 Å². The van der Waals surface area contributed by atoms with Gasteiger partial charge in [0.15, 0.2) is 0 Å². The third-order valence-electron chi connectivity index (χ3n) is 5.02. The highest BCUT2D eigenvalue weighted by Gasteiger charge is 2.34. The molecule has 0 spiro atoms. The first-order valence-corrected chi connectivity index (χ1v) is 10.1. The summed E-state index contributed by atoms with van der Waals surface area (Å²) in [5.74, 6) is 0.546. The van der Waals surface area contributed by atoms with E-state index in [2.05, 4.69) is 0 Å². The molecule has 2 heterocycles. The summed E-state index contributed by atoms with van der Waals surface area (Å²) in [5.41, 5.74) is 7.46. The quantitative estimate of drug-likeness (QED) is 0.866. The predicted octanol–water partition coefficient (Wildman–Crippen LogP) is 4.29. The maximum atomic E-state index is 13.3. The summed E-state index contributed by atoms with van der Waals surface area (Å²) in [4.78, 5) is 20.9. The number of halogens is 1. The highest BCUT2D eigenvalue weighted by Crippen LogP contribution is 2.45. The van der Waals surface area contributed by atoms with Gasteiger partial charge in [-0.2, -0.15) is 0 Å². The van der Waals surface area contributed by atoms with Crippen LogP contribution in [0, 0.1) is 0 Å². The Labute approximate surface area is 157 Å². The zero-order valence-electron chi connectivity index (χ0n) is 14.1. The van der Waals surface area contributed by atoms with E-state index in [1.54, 1.807) is 11.3 Å². The first-order chi connectivity index (χ1) is 12.2. The van der Waals surface area contributed by atoms with Crippen LogP contribution in [0.25, 0.3) is 10.4 Å². The van der Waals surface area contributed by atoms with E-state index in [0.717, 1.165) is 41.3 Å². The highest BCUT2D eigenvalue weighted by molar-refractivity contribution is 7.15. The number of hydrogen-bond donors (Lipinski definition) is 1. The Kier molecular flexibility index (Phi) is 4.80. The molecule has 4 rings (SSSR count). The van der Waals surface area contributed by atoms with Gasteiger partial charge in [-0.15, -0.1) is 11.3 Å². The zero-order valence-corrected chi connectivity index (χ0v) is 15.7. The Balaban J connectivity index is 1.73. The minimum atomic E-state index is 0.0216. The highest BCUT2D eigenvalue weighted by atomic mass is 35.5. The van der Waals surface area contributed by atoms with E-state index in [-0.39, 0.29) is 11.9 Å². The van der Waals surface area contributed by atoms with Crippen molar-refractivity contribution in [2.24, 2.45) is 5.73 Å². The Bertz CT molecular complexity index is 787. The third-order valence-corrected chi connectivity index (χ3v) is 6.52. The van der Waals surface area contributed by atoms with Crippen LogP contribution in [0.15, 0.2) is 24.3 Å². The second kappa shape index (κ2) is 7.06. The van der Waals surface area contributed by atoms with Crippen molar-refractivity contribution < 1.29 is 4.79 Å². The lowest BCUT2D eigenvalue weighted by Crippen LogP contribution is -2.47. The van der Waals surface area contributed by atoms with Gasteiger partial charge in [0.25, 0.3) is 5.91 Å². The molecule has 1 saturated carbocycles. The lowest BCUT2D eigenvalue weighted by molar-refractivity contribution is 0.0618. The fourth-order valence-electron chi connectivity index (χ4n) is 3.46. The molecule has 1 aliphatic carbocycles. The van der Waals surface area contributed by atoms with Gasteiger partial charge in [-0.05, 0) is 49.8 Å². The lowest BCUT2D eigenvalue weighted by atomic mass is 10.0. The minimum absolute atomic E-state index is 0.0216. The molecule has 1 aliphatic heterocycles. The molecule has 2 aromatic rings. The number of nitrogens with zero attached hydrogens (tertiary/aromatic N) is 2. The molecule has 2 N–H and O–H groups in total. The van der Waals surface area contributed by atoms with Gasteiger partial charge < -0.3 is 10.6 Å². The molecular weight excluding hydrogens is 354 g/mol. The second-order valence-electron chi connectivity index (χ2n) is 6.90. The molecule has 1 saturated heterocycles. The number of carbonyl (C=O) groups is 1. The molecule has 1 aromatic carbocycles. The van der Waals surface area contributed by atoms with Crippen molar-refractivity contribution in [2.75, 3.05) is 13.1 Å². The number of aromatic nitrogens is 1. The van der Waals surface area contributed by atoms with E-state index in [1.165, 1.54) is 12.8 Å². The van der Waals surface area contributed by atoms with Crippen LogP contribution in [-0.4, -0.2) is 34.9 Å². The van der Waals surface area contributed by atoms with Gasteiger partial charge in [-0.25, -0.2) is 4.98 Å². The largest absolute Gasteiger partial charge is 0.333 e. The SMILES string of the molecule is NCC1CCCCN1C(=O)c1nc(C2CC2)sc1-c1cccc(Cl)c1.